The zero-order chi connectivity index (χ0) is 22.0. The average molecular weight is 436 g/mol. The highest BCUT2D eigenvalue weighted by atomic mass is 32.1. The van der Waals surface area contributed by atoms with Gasteiger partial charge in [-0.25, -0.2) is 9.37 Å². The lowest BCUT2D eigenvalue weighted by Gasteiger charge is -2.18. The average Bonchev–Trinajstić information content (AvgIpc) is 3.21. The van der Waals surface area contributed by atoms with Gasteiger partial charge >= 0.3 is 0 Å². The van der Waals surface area contributed by atoms with Crippen molar-refractivity contribution >= 4 is 27.5 Å². The minimum atomic E-state index is -0.336. The van der Waals surface area contributed by atoms with Crippen LogP contribution in [0.4, 0.5) is 4.39 Å². The normalized spacial score (nSPS) is 11.1. The van der Waals surface area contributed by atoms with Crippen LogP contribution in [-0.4, -0.2) is 27.4 Å². The Morgan fingerprint density at radius 3 is 2.45 bits per heavy atom. The van der Waals surface area contributed by atoms with Gasteiger partial charge in [0.1, 0.15) is 17.2 Å². The van der Waals surface area contributed by atoms with Crippen LogP contribution in [0, 0.1) is 5.82 Å². The van der Waals surface area contributed by atoms with E-state index >= 15 is 0 Å². The molecule has 31 heavy (non-hydrogen) atoms. The quantitative estimate of drug-likeness (QED) is 0.449. The number of aromatic nitrogens is 2. The van der Waals surface area contributed by atoms with Crippen molar-refractivity contribution in [1.29, 1.82) is 0 Å². The molecular formula is C24H22FN3O2S. The van der Waals surface area contributed by atoms with Crippen molar-refractivity contribution in [3.63, 3.8) is 0 Å². The predicted molar refractivity (Wildman–Crippen MR) is 122 cm³/mol. The molecular weight excluding hydrogens is 413 g/mol. The van der Waals surface area contributed by atoms with Crippen LogP contribution in [0.25, 0.3) is 21.3 Å². The highest BCUT2D eigenvalue weighted by Crippen LogP contribution is 2.30. The SMILES string of the molecule is CCc1ccc(CN(C)C(=O)Cn2cnc3scc(-c4ccc(F)cc4)c3c2=O)cc1. The summed E-state index contributed by atoms with van der Waals surface area (Å²) in [6, 6.07) is 14.1. The number of halogens is 1. The van der Waals surface area contributed by atoms with Crippen LogP contribution in [0.15, 0.2) is 65.0 Å². The summed E-state index contributed by atoms with van der Waals surface area (Å²) in [7, 11) is 1.72. The predicted octanol–water partition coefficient (Wildman–Crippen LogP) is 4.49. The largest absolute Gasteiger partial charge is 0.340 e. The fraction of sp³-hybridized carbons (Fsp3) is 0.208. The van der Waals surface area contributed by atoms with Crippen LogP contribution in [0.2, 0.25) is 0 Å². The van der Waals surface area contributed by atoms with Crippen molar-refractivity contribution in [3.8, 4) is 11.1 Å². The van der Waals surface area contributed by atoms with Gasteiger partial charge in [0, 0.05) is 24.5 Å². The molecule has 7 heteroatoms. The molecule has 4 rings (SSSR count). The van der Waals surface area contributed by atoms with E-state index in [1.807, 2.05) is 17.5 Å². The zero-order valence-corrected chi connectivity index (χ0v) is 18.2. The molecule has 0 saturated carbocycles. The molecule has 158 valence electrons. The van der Waals surface area contributed by atoms with Gasteiger partial charge in [-0.3, -0.25) is 14.2 Å². The van der Waals surface area contributed by atoms with Gasteiger partial charge in [0.15, 0.2) is 0 Å². The van der Waals surface area contributed by atoms with Gasteiger partial charge in [-0.1, -0.05) is 43.3 Å². The van der Waals surface area contributed by atoms with E-state index in [0.717, 1.165) is 17.5 Å². The lowest BCUT2D eigenvalue weighted by Crippen LogP contribution is -2.33. The number of carbonyl (C=O) groups is 1. The molecule has 0 spiro atoms. The van der Waals surface area contributed by atoms with Gasteiger partial charge in [0.05, 0.1) is 11.7 Å². The van der Waals surface area contributed by atoms with Crippen molar-refractivity contribution in [2.45, 2.75) is 26.4 Å². The second-order valence-corrected chi connectivity index (χ2v) is 8.29. The number of fused-ring (bicyclic) bond motifs is 1. The van der Waals surface area contributed by atoms with E-state index < -0.39 is 0 Å². The molecule has 0 bridgehead atoms. The van der Waals surface area contributed by atoms with Crippen molar-refractivity contribution < 1.29 is 9.18 Å². The third kappa shape index (κ3) is 4.41. The number of carbonyl (C=O) groups excluding carboxylic acids is 1. The maximum absolute atomic E-state index is 13.3. The number of hydrogen-bond donors (Lipinski definition) is 0. The van der Waals surface area contributed by atoms with Gasteiger partial charge in [-0.2, -0.15) is 0 Å². The fourth-order valence-electron chi connectivity index (χ4n) is 3.43. The molecule has 0 aliphatic carbocycles. The Morgan fingerprint density at radius 1 is 1.10 bits per heavy atom. The molecule has 0 unspecified atom stereocenters. The Balaban J connectivity index is 1.57. The summed E-state index contributed by atoms with van der Waals surface area (Å²) in [4.78, 5) is 32.4. The first-order chi connectivity index (χ1) is 15.0. The zero-order valence-electron chi connectivity index (χ0n) is 17.3. The molecule has 1 amide bonds. The summed E-state index contributed by atoms with van der Waals surface area (Å²) >= 11 is 1.35. The minimum Gasteiger partial charge on any atom is -0.340 e. The Hall–Kier alpha value is -3.32. The van der Waals surface area contributed by atoms with Crippen molar-refractivity contribution in [2.24, 2.45) is 0 Å². The number of thiophene rings is 1. The van der Waals surface area contributed by atoms with Crippen LogP contribution in [0.1, 0.15) is 18.1 Å². The molecule has 0 N–H and O–H groups in total. The number of benzene rings is 2. The van der Waals surface area contributed by atoms with E-state index in [2.05, 4.69) is 24.0 Å². The smallest absolute Gasteiger partial charge is 0.263 e. The third-order valence-electron chi connectivity index (χ3n) is 5.30. The van der Waals surface area contributed by atoms with E-state index in [-0.39, 0.29) is 23.8 Å². The first kappa shape index (κ1) is 20.9. The number of likely N-dealkylation sites (N-methyl/N-ethyl adjacent to an activating group) is 1. The fourth-order valence-corrected chi connectivity index (χ4v) is 4.34. The van der Waals surface area contributed by atoms with Gasteiger partial charge in [-0.15, -0.1) is 11.3 Å². The van der Waals surface area contributed by atoms with Crippen LogP contribution >= 0.6 is 11.3 Å². The Kier molecular flexibility index (Phi) is 5.95. The summed E-state index contributed by atoms with van der Waals surface area (Å²) in [6.07, 6.45) is 2.38. The summed E-state index contributed by atoms with van der Waals surface area (Å²) in [6.45, 7) is 2.47. The summed E-state index contributed by atoms with van der Waals surface area (Å²) < 4.78 is 14.6. The van der Waals surface area contributed by atoms with Gasteiger partial charge in [0.25, 0.3) is 5.56 Å². The third-order valence-corrected chi connectivity index (χ3v) is 6.18. The number of nitrogens with zero attached hydrogens (tertiary/aromatic N) is 3. The number of hydrogen-bond acceptors (Lipinski definition) is 4. The highest BCUT2D eigenvalue weighted by molar-refractivity contribution is 7.17. The Morgan fingerprint density at radius 2 is 1.77 bits per heavy atom. The molecule has 0 fully saturated rings. The van der Waals surface area contributed by atoms with Crippen LogP contribution in [0.5, 0.6) is 0 Å². The number of aryl methyl sites for hydroxylation is 1. The molecule has 0 atom stereocenters. The van der Waals surface area contributed by atoms with E-state index in [9.17, 15) is 14.0 Å². The summed E-state index contributed by atoms with van der Waals surface area (Å²) in [5, 5.41) is 2.29. The second kappa shape index (κ2) is 8.81. The van der Waals surface area contributed by atoms with Crippen molar-refractivity contribution in [2.75, 3.05) is 7.05 Å². The maximum Gasteiger partial charge on any atom is 0.263 e. The van der Waals surface area contributed by atoms with Crippen LogP contribution < -0.4 is 5.56 Å². The van der Waals surface area contributed by atoms with Gasteiger partial charge in [0.2, 0.25) is 5.91 Å². The molecule has 2 aromatic heterocycles. The van der Waals surface area contributed by atoms with E-state index in [1.54, 1.807) is 24.1 Å². The highest BCUT2D eigenvalue weighted by Gasteiger charge is 2.16. The van der Waals surface area contributed by atoms with E-state index in [0.29, 0.717) is 22.3 Å². The number of rotatable bonds is 6. The van der Waals surface area contributed by atoms with Gasteiger partial charge < -0.3 is 4.90 Å². The first-order valence-electron chi connectivity index (χ1n) is 10.0. The lowest BCUT2D eigenvalue weighted by atomic mass is 10.1. The van der Waals surface area contributed by atoms with E-state index in [4.69, 9.17) is 0 Å². The molecule has 5 nitrogen and oxygen atoms in total. The van der Waals surface area contributed by atoms with Crippen LogP contribution in [-0.2, 0) is 24.3 Å². The standard InChI is InChI=1S/C24H22FN3O2S/c1-3-16-4-6-17(7-5-16)12-27(2)21(29)13-28-15-26-23-22(24(28)30)20(14-31-23)18-8-10-19(25)11-9-18/h4-11,14-15H,3,12-13H2,1-2H3. The monoisotopic (exact) mass is 435 g/mol. The molecule has 0 aliphatic rings. The van der Waals surface area contributed by atoms with Crippen molar-refractivity contribution in [1.82, 2.24) is 14.5 Å². The summed E-state index contributed by atoms with van der Waals surface area (Å²) in [5.74, 6) is -0.516. The second-order valence-electron chi connectivity index (χ2n) is 7.43. The molecule has 2 aromatic carbocycles. The topological polar surface area (TPSA) is 55.2 Å². The van der Waals surface area contributed by atoms with Crippen LogP contribution in [0.3, 0.4) is 0 Å². The lowest BCUT2D eigenvalue weighted by molar-refractivity contribution is -0.131. The first-order valence-corrected chi connectivity index (χ1v) is 10.9. The Labute approximate surface area is 183 Å². The van der Waals surface area contributed by atoms with Crippen molar-refractivity contribution in [3.05, 3.63) is 87.5 Å². The molecule has 2 heterocycles. The molecule has 0 radical (unpaired) electrons. The molecule has 4 aromatic rings. The minimum absolute atomic E-state index is 0.0932. The van der Waals surface area contributed by atoms with Gasteiger partial charge in [-0.05, 0) is 35.2 Å². The Bertz CT molecular complexity index is 1280. The van der Waals surface area contributed by atoms with E-state index in [1.165, 1.54) is 39.9 Å². The molecule has 0 aliphatic heterocycles. The number of amides is 1. The summed E-state index contributed by atoms with van der Waals surface area (Å²) in [5.41, 5.74) is 3.44. The molecule has 0 saturated heterocycles. The maximum atomic E-state index is 13.3.